The van der Waals surface area contributed by atoms with Crippen LogP contribution in [0.5, 0.6) is 5.75 Å². The lowest BCUT2D eigenvalue weighted by Crippen LogP contribution is -2.06. The van der Waals surface area contributed by atoms with E-state index < -0.39 is 11.9 Å². The molecule has 292 valence electrons. The molecule has 12 heteroatoms. The van der Waals surface area contributed by atoms with Gasteiger partial charge in [0, 0.05) is 71.1 Å². The van der Waals surface area contributed by atoms with Crippen LogP contribution in [0, 0.1) is 0 Å². The molecule has 0 atom stereocenters. The highest BCUT2D eigenvalue weighted by atomic mass is 79.9. The molecule has 57 heavy (non-hydrogen) atoms. The van der Waals surface area contributed by atoms with Crippen LogP contribution in [0.4, 0.5) is 23.0 Å². The van der Waals surface area contributed by atoms with E-state index in [0.29, 0.717) is 23.5 Å². The monoisotopic (exact) mass is 828 g/mol. The summed E-state index contributed by atoms with van der Waals surface area (Å²) in [5.41, 5.74) is 8.23. The first-order chi connectivity index (χ1) is 27.6. The number of ether oxygens (including phenoxy) is 1. The Kier molecular flexibility index (Phi) is 11.3. The van der Waals surface area contributed by atoms with Crippen LogP contribution in [-0.4, -0.2) is 48.4 Å². The van der Waals surface area contributed by atoms with Crippen LogP contribution in [0.3, 0.4) is 0 Å². The fourth-order valence-corrected chi connectivity index (χ4v) is 7.78. The molecular weight excluding hydrogens is 784 g/mol. The Morgan fingerprint density at radius 3 is 1.74 bits per heavy atom. The zero-order valence-corrected chi connectivity index (χ0v) is 34.1. The number of aromatic carboxylic acids is 2. The standard InChI is InChI=1S/C25H23N3O3.C18H16BrN3O2.C2H6/c1-28-9-8-17-10-19(13-21(23(17)28)16-4-3-5-20(11-16)31-2)27-24-22(25(29)30)12-18(14-26-24)15-6-7-15;1-22-5-4-11-6-13(8-15(19)16(11)22)21-17-14(18(23)24)7-12(9-20-17)10-2-3-10;1-2/h3-5,8-15H,6-7H2,1-2H3,(H,26,27)(H,29,30);4-10H,2-3H2,1H3,(H,20,21)(H,23,24);1-2H3. The normalized spacial score (nSPS) is 13.3. The number of carboxylic acid groups (broad SMARTS) is 2. The average Bonchev–Trinajstić information content (AvgIpc) is 4.16. The maximum absolute atomic E-state index is 11.9. The molecule has 2 aliphatic carbocycles. The molecule has 0 radical (unpaired) electrons. The van der Waals surface area contributed by atoms with E-state index in [9.17, 15) is 19.8 Å². The van der Waals surface area contributed by atoms with Crippen LogP contribution in [0.1, 0.15) is 83.2 Å². The molecule has 0 unspecified atom stereocenters. The number of methoxy groups -OCH3 is 1. The van der Waals surface area contributed by atoms with Crippen LogP contribution in [0.25, 0.3) is 32.9 Å². The van der Waals surface area contributed by atoms with Crippen molar-refractivity contribution in [2.45, 2.75) is 51.4 Å². The number of nitrogens with one attached hydrogen (secondary N) is 2. The summed E-state index contributed by atoms with van der Waals surface area (Å²) in [6.07, 6.45) is 12.0. The Hall–Kier alpha value is -6.14. The highest BCUT2D eigenvalue weighted by Crippen LogP contribution is 2.42. The van der Waals surface area contributed by atoms with Crippen molar-refractivity contribution in [1.82, 2.24) is 19.1 Å². The SMILES string of the molecule is CC.COc1cccc(-c2cc(Nc3ncc(C4CC4)cc3C(=O)O)cc3ccn(C)c23)c1.Cn1ccc2cc(Nc3ncc(C4CC4)cc3C(=O)O)cc(Br)c21. The molecule has 0 saturated heterocycles. The number of fused-ring (bicyclic) bond motifs is 2. The third kappa shape index (κ3) is 8.51. The molecular formula is C45H45BrN6O5. The van der Waals surface area contributed by atoms with E-state index in [1.54, 1.807) is 31.6 Å². The second kappa shape index (κ2) is 16.5. The molecule has 0 spiro atoms. The molecule has 4 aromatic heterocycles. The van der Waals surface area contributed by atoms with Crippen molar-refractivity contribution in [3.8, 4) is 16.9 Å². The van der Waals surface area contributed by atoms with Crippen LogP contribution < -0.4 is 15.4 Å². The number of pyridine rings is 2. The van der Waals surface area contributed by atoms with Gasteiger partial charge in [0.05, 0.1) is 18.1 Å². The molecule has 2 saturated carbocycles. The molecule has 9 rings (SSSR count). The van der Waals surface area contributed by atoms with E-state index in [-0.39, 0.29) is 11.1 Å². The Morgan fingerprint density at radius 1 is 0.719 bits per heavy atom. The minimum Gasteiger partial charge on any atom is -0.497 e. The summed E-state index contributed by atoms with van der Waals surface area (Å²) in [6, 6.07) is 23.4. The zero-order chi connectivity index (χ0) is 40.4. The number of hydrogen-bond donors (Lipinski definition) is 4. The van der Waals surface area contributed by atoms with E-state index in [0.717, 1.165) is 91.3 Å². The van der Waals surface area contributed by atoms with E-state index in [1.165, 1.54) is 0 Å². The van der Waals surface area contributed by atoms with Crippen molar-refractivity contribution in [3.63, 3.8) is 0 Å². The summed E-state index contributed by atoms with van der Waals surface area (Å²) < 4.78 is 10.5. The Morgan fingerprint density at radius 2 is 1.23 bits per heavy atom. The van der Waals surface area contributed by atoms with Crippen molar-refractivity contribution in [2.24, 2.45) is 14.1 Å². The number of hydrogen-bond acceptors (Lipinski definition) is 7. The fraction of sp³-hybridized carbons (Fsp3) is 0.244. The van der Waals surface area contributed by atoms with Gasteiger partial charge in [-0.25, -0.2) is 19.6 Å². The predicted molar refractivity (Wildman–Crippen MR) is 230 cm³/mol. The molecule has 2 fully saturated rings. The third-order valence-corrected chi connectivity index (χ3v) is 10.8. The lowest BCUT2D eigenvalue weighted by atomic mass is 10.0. The molecule has 3 aromatic carbocycles. The van der Waals surface area contributed by atoms with Gasteiger partial charge in [0.25, 0.3) is 0 Å². The number of rotatable bonds is 10. The summed E-state index contributed by atoms with van der Waals surface area (Å²) in [5, 5.41) is 27.8. The van der Waals surface area contributed by atoms with Gasteiger partial charge in [-0.05, 0) is 131 Å². The summed E-state index contributed by atoms with van der Waals surface area (Å²) in [5.74, 6) is 0.472. The van der Waals surface area contributed by atoms with Crippen molar-refractivity contribution >= 4 is 72.7 Å². The van der Waals surface area contributed by atoms with Crippen LogP contribution in [0.2, 0.25) is 0 Å². The number of benzene rings is 3. The van der Waals surface area contributed by atoms with E-state index in [4.69, 9.17) is 4.74 Å². The fourth-order valence-electron chi connectivity index (χ4n) is 7.03. The lowest BCUT2D eigenvalue weighted by Gasteiger charge is -2.14. The first kappa shape index (κ1) is 39.1. The van der Waals surface area contributed by atoms with Gasteiger partial charge in [0.2, 0.25) is 0 Å². The number of carbonyl (C=O) groups is 2. The van der Waals surface area contributed by atoms with Crippen molar-refractivity contribution in [2.75, 3.05) is 17.7 Å². The maximum atomic E-state index is 11.9. The van der Waals surface area contributed by atoms with Crippen LogP contribution in [-0.2, 0) is 14.1 Å². The highest BCUT2D eigenvalue weighted by Gasteiger charge is 2.27. The largest absolute Gasteiger partial charge is 0.497 e. The third-order valence-electron chi connectivity index (χ3n) is 10.2. The second-order valence-corrected chi connectivity index (χ2v) is 15.0. The van der Waals surface area contributed by atoms with Gasteiger partial charge >= 0.3 is 11.9 Å². The van der Waals surface area contributed by atoms with E-state index >= 15 is 0 Å². The van der Waals surface area contributed by atoms with Gasteiger partial charge in [-0.2, -0.15) is 0 Å². The molecule has 4 N–H and O–H groups in total. The summed E-state index contributed by atoms with van der Waals surface area (Å²) in [6.45, 7) is 4.00. The van der Waals surface area contributed by atoms with Gasteiger partial charge < -0.3 is 34.7 Å². The highest BCUT2D eigenvalue weighted by molar-refractivity contribution is 9.10. The average molecular weight is 830 g/mol. The number of aryl methyl sites for hydroxylation is 2. The molecule has 0 aliphatic heterocycles. The minimum atomic E-state index is -0.980. The van der Waals surface area contributed by atoms with Gasteiger partial charge in [-0.15, -0.1) is 0 Å². The Labute approximate surface area is 339 Å². The predicted octanol–water partition coefficient (Wildman–Crippen LogP) is 11.2. The van der Waals surface area contributed by atoms with Gasteiger partial charge in [0.1, 0.15) is 28.5 Å². The summed E-state index contributed by atoms with van der Waals surface area (Å²) in [7, 11) is 5.65. The zero-order valence-electron chi connectivity index (χ0n) is 32.5. The smallest absolute Gasteiger partial charge is 0.339 e. The van der Waals surface area contributed by atoms with Gasteiger partial charge in [0.15, 0.2) is 0 Å². The van der Waals surface area contributed by atoms with Crippen LogP contribution in [0.15, 0.2) is 102 Å². The molecule has 0 amide bonds. The van der Waals surface area contributed by atoms with Crippen LogP contribution >= 0.6 is 15.9 Å². The number of carboxylic acids is 2. The topological polar surface area (TPSA) is 144 Å². The molecule has 0 bridgehead atoms. The number of nitrogens with zero attached hydrogens (tertiary/aromatic N) is 4. The summed E-state index contributed by atoms with van der Waals surface area (Å²) >= 11 is 3.58. The van der Waals surface area contributed by atoms with E-state index in [1.807, 2.05) is 106 Å². The summed E-state index contributed by atoms with van der Waals surface area (Å²) in [4.78, 5) is 32.3. The molecule has 2 aliphatic rings. The first-order valence-electron chi connectivity index (χ1n) is 19.0. The lowest BCUT2D eigenvalue weighted by molar-refractivity contribution is 0.0686. The minimum absolute atomic E-state index is 0.195. The van der Waals surface area contributed by atoms with Gasteiger partial charge in [-0.3, -0.25) is 0 Å². The number of anilines is 4. The quantitative estimate of drug-likeness (QED) is 0.106. The van der Waals surface area contributed by atoms with Crippen molar-refractivity contribution in [1.29, 1.82) is 0 Å². The molecule has 11 nitrogen and oxygen atoms in total. The van der Waals surface area contributed by atoms with Crippen molar-refractivity contribution < 1.29 is 24.5 Å². The Balaban J connectivity index is 0.000000172. The van der Waals surface area contributed by atoms with Gasteiger partial charge in [-0.1, -0.05) is 26.0 Å². The van der Waals surface area contributed by atoms with E-state index in [2.05, 4.69) is 41.1 Å². The molecule has 4 heterocycles. The Bertz CT molecular complexity index is 2620. The van der Waals surface area contributed by atoms with Crippen molar-refractivity contribution in [3.05, 3.63) is 124 Å². The maximum Gasteiger partial charge on any atom is 0.339 e. The second-order valence-electron chi connectivity index (χ2n) is 14.2. The number of halogens is 1. The number of aromatic nitrogens is 4. The molecule has 7 aromatic rings. The first-order valence-corrected chi connectivity index (χ1v) is 19.8.